The molecule has 0 heterocycles. The van der Waals surface area contributed by atoms with Gasteiger partial charge in [-0.2, -0.15) is 0 Å². The van der Waals surface area contributed by atoms with E-state index in [0.717, 1.165) is 13.0 Å². The first-order chi connectivity index (χ1) is 7.10. The average molecular weight is 207 g/mol. The van der Waals surface area contributed by atoms with Crippen LogP contribution in [0.4, 0.5) is 0 Å². The molecule has 0 unspecified atom stereocenters. The third-order valence-corrected chi connectivity index (χ3v) is 2.82. The second-order valence-corrected chi connectivity index (χ2v) is 4.26. The van der Waals surface area contributed by atoms with Gasteiger partial charge in [-0.1, -0.05) is 24.3 Å². The van der Waals surface area contributed by atoms with Crippen molar-refractivity contribution in [3.63, 3.8) is 0 Å². The second kappa shape index (κ2) is 5.29. The molecule has 1 N–H and O–H groups in total. The van der Waals surface area contributed by atoms with Crippen LogP contribution in [0.2, 0.25) is 0 Å². The predicted molar refractivity (Wildman–Crippen MR) is 64.1 cm³/mol. The molecule has 0 aliphatic rings. The molecular weight excluding hydrogens is 186 g/mol. The normalized spacial score (nSPS) is 11.7. The van der Waals surface area contributed by atoms with E-state index in [0.29, 0.717) is 0 Å². The molecule has 0 radical (unpaired) electrons. The Balaban J connectivity index is 2.72. The monoisotopic (exact) mass is 207 g/mol. The van der Waals surface area contributed by atoms with E-state index in [1.165, 1.54) is 11.1 Å². The van der Waals surface area contributed by atoms with Gasteiger partial charge < -0.3 is 10.1 Å². The Morgan fingerprint density at radius 3 is 2.27 bits per heavy atom. The van der Waals surface area contributed by atoms with Gasteiger partial charge in [-0.05, 0) is 45.0 Å². The maximum atomic E-state index is 5.43. The maximum absolute atomic E-state index is 5.43. The Kier molecular flexibility index (Phi) is 4.30. The molecule has 0 aliphatic heterocycles. The van der Waals surface area contributed by atoms with E-state index in [1.807, 2.05) is 7.05 Å². The van der Waals surface area contributed by atoms with Gasteiger partial charge >= 0.3 is 0 Å². The van der Waals surface area contributed by atoms with Gasteiger partial charge in [0.2, 0.25) is 0 Å². The van der Waals surface area contributed by atoms with E-state index < -0.39 is 0 Å². The number of hydrogen-bond donors (Lipinski definition) is 1. The summed E-state index contributed by atoms with van der Waals surface area (Å²) in [6.45, 7) is 5.18. The highest BCUT2D eigenvalue weighted by Crippen LogP contribution is 2.23. The van der Waals surface area contributed by atoms with E-state index in [1.54, 1.807) is 7.11 Å². The van der Waals surface area contributed by atoms with Crippen LogP contribution in [0, 0.1) is 0 Å². The topological polar surface area (TPSA) is 21.3 Å². The van der Waals surface area contributed by atoms with Crippen LogP contribution < -0.4 is 5.32 Å². The fourth-order valence-electron chi connectivity index (χ4n) is 1.46. The number of methoxy groups -OCH3 is 1. The molecule has 0 saturated heterocycles. The van der Waals surface area contributed by atoms with Crippen molar-refractivity contribution < 1.29 is 4.74 Å². The molecule has 2 heteroatoms. The van der Waals surface area contributed by atoms with Gasteiger partial charge in [0.1, 0.15) is 0 Å². The van der Waals surface area contributed by atoms with Gasteiger partial charge in [-0.25, -0.2) is 0 Å². The third kappa shape index (κ3) is 3.33. The quantitative estimate of drug-likeness (QED) is 0.800. The Hall–Kier alpha value is -0.860. The van der Waals surface area contributed by atoms with Gasteiger partial charge in [0, 0.05) is 7.11 Å². The van der Waals surface area contributed by atoms with Crippen LogP contribution in [-0.4, -0.2) is 20.7 Å². The molecule has 0 atom stereocenters. The molecule has 0 fully saturated rings. The Morgan fingerprint density at radius 1 is 1.20 bits per heavy atom. The zero-order valence-corrected chi connectivity index (χ0v) is 10.1. The Morgan fingerprint density at radius 2 is 1.80 bits per heavy atom. The summed E-state index contributed by atoms with van der Waals surface area (Å²) in [5.41, 5.74) is 2.39. The molecule has 0 amide bonds. The molecule has 1 aromatic rings. The average Bonchev–Trinajstić information content (AvgIpc) is 2.27. The number of rotatable bonds is 5. The van der Waals surface area contributed by atoms with Crippen molar-refractivity contribution in [2.24, 2.45) is 0 Å². The first-order valence-electron chi connectivity index (χ1n) is 5.39. The van der Waals surface area contributed by atoms with E-state index in [4.69, 9.17) is 4.74 Å². The van der Waals surface area contributed by atoms with E-state index in [9.17, 15) is 0 Å². The number of likely N-dealkylation sites (N-methyl/N-ethyl adjacent to an activating group) is 1. The first kappa shape index (κ1) is 12.2. The number of nitrogens with one attached hydrogen (secondary N) is 1. The minimum Gasteiger partial charge on any atom is -0.374 e. The molecule has 15 heavy (non-hydrogen) atoms. The van der Waals surface area contributed by atoms with Crippen molar-refractivity contribution in [1.82, 2.24) is 5.32 Å². The van der Waals surface area contributed by atoms with Crippen LogP contribution in [0.5, 0.6) is 0 Å². The SMILES string of the molecule is CNCCc1ccc(C(C)(C)OC)cc1. The highest BCUT2D eigenvalue weighted by atomic mass is 16.5. The largest absolute Gasteiger partial charge is 0.374 e. The van der Waals surface area contributed by atoms with E-state index in [-0.39, 0.29) is 5.60 Å². The molecule has 0 bridgehead atoms. The van der Waals surface area contributed by atoms with Crippen molar-refractivity contribution in [1.29, 1.82) is 0 Å². The molecule has 0 aliphatic carbocycles. The van der Waals surface area contributed by atoms with Gasteiger partial charge in [-0.15, -0.1) is 0 Å². The van der Waals surface area contributed by atoms with Crippen LogP contribution in [0.25, 0.3) is 0 Å². The Bertz CT molecular complexity index is 290. The third-order valence-electron chi connectivity index (χ3n) is 2.82. The zero-order valence-electron chi connectivity index (χ0n) is 10.1. The van der Waals surface area contributed by atoms with Crippen LogP contribution in [0.3, 0.4) is 0 Å². The molecule has 2 nitrogen and oxygen atoms in total. The minimum absolute atomic E-state index is 0.193. The molecule has 1 rings (SSSR count). The number of ether oxygens (including phenoxy) is 1. The molecule has 84 valence electrons. The van der Waals surface area contributed by atoms with Crippen molar-refractivity contribution in [2.45, 2.75) is 25.9 Å². The van der Waals surface area contributed by atoms with Crippen molar-refractivity contribution in [2.75, 3.05) is 20.7 Å². The summed E-state index contributed by atoms with van der Waals surface area (Å²) in [6, 6.07) is 8.64. The second-order valence-electron chi connectivity index (χ2n) is 4.26. The van der Waals surface area contributed by atoms with Crippen molar-refractivity contribution in [3.05, 3.63) is 35.4 Å². The summed E-state index contributed by atoms with van der Waals surface area (Å²) in [5.74, 6) is 0. The number of benzene rings is 1. The highest BCUT2D eigenvalue weighted by Gasteiger charge is 2.18. The van der Waals surface area contributed by atoms with E-state index in [2.05, 4.69) is 43.4 Å². The van der Waals surface area contributed by atoms with Crippen LogP contribution in [0.15, 0.2) is 24.3 Å². The smallest absolute Gasteiger partial charge is 0.0871 e. The molecular formula is C13H21NO. The summed E-state index contributed by atoms with van der Waals surface area (Å²) in [4.78, 5) is 0. The lowest BCUT2D eigenvalue weighted by atomic mass is 9.96. The van der Waals surface area contributed by atoms with Gasteiger partial charge in [-0.3, -0.25) is 0 Å². The Labute approximate surface area is 92.6 Å². The maximum Gasteiger partial charge on any atom is 0.0871 e. The zero-order chi connectivity index (χ0) is 11.3. The number of hydrogen-bond acceptors (Lipinski definition) is 2. The summed E-state index contributed by atoms with van der Waals surface area (Å²) in [7, 11) is 3.72. The minimum atomic E-state index is -0.193. The van der Waals surface area contributed by atoms with Crippen molar-refractivity contribution in [3.8, 4) is 0 Å². The lowest BCUT2D eigenvalue weighted by Crippen LogP contribution is -2.19. The van der Waals surface area contributed by atoms with Gasteiger partial charge in [0.15, 0.2) is 0 Å². The fourth-order valence-corrected chi connectivity index (χ4v) is 1.46. The first-order valence-corrected chi connectivity index (χ1v) is 5.39. The van der Waals surface area contributed by atoms with Crippen LogP contribution in [0.1, 0.15) is 25.0 Å². The lowest BCUT2D eigenvalue weighted by molar-refractivity contribution is 0.0192. The molecule has 0 spiro atoms. The van der Waals surface area contributed by atoms with Crippen LogP contribution in [-0.2, 0) is 16.8 Å². The lowest BCUT2D eigenvalue weighted by Gasteiger charge is -2.23. The molecule has 0 aromatic heterocycles. The summed E-state index contributed by atoms with van der Waals surface area (Å²) in [6.07, 6.45) is 1.07. The standard InChI is InChI=1S/C13H21NO/c1-13(2,15-4)12-7-5-11(6-8-12)9-10-14-3/h5-8,14H,9-10H2,1-4H3. The van der Waals surface area contributed by atoms with Gasteiger partial charge in [0.25, 0.3) is 0 Å². The summed E-state index contributed by atoms with van der Waals surface area (Å²) < 4.78 is 5.43. The fraction of sp³-hybridized carbons (Fsp3) is 0.538. The van der Waals surface area contributed by atoms with E-state index >= 15 is 0 Å². The predicted octanol–water partition coefficient (Wildman–Crippen LogP) is 2.33. The van der Waals surface area contributed by atoms with Gasteiger partial charge in [0.05, 0.1) is 5.60 Å². The van der Waals surface area contributed by atoms with Crippen molar-refractivity contribution >= 4 is 0 Å². The molecule has 0 saturated carbocycles. The summed E-state index contributed by atoms with van der Waals surface area (Å²) >= 11 is 0. The van der Waals surface area contributed by atoms with Crippen LogP contribution >= 0.6 is 0 Å². The highest BCUT2D eigenvalue weighted by molar-refractivity contribution is 5.26. The summed E-state index contributed by atoms with van der Waals surface area (Å²) in [5, 5.41) is 3.15. The molecule has 1 aromatic carbocycles.